The Morgan fingerprint density at radius 1 is 1.39 bits per heavy atom. The quantitative estimate of drug-likeness (QED) is 0.768. The number of unbranched alkanes of at least 4 members (excludes halogenated alkanes) is 1. The Labute approximate surface area is 110 Å². The van der Waals surface area contributed by atoms with Crippen molar-refractivity contribution in [2.75, 3.05) is 20.1 Å². The fourth-order valence-electron chi connectivity index (χ4n) is 2.25. The highest BCUT2D eigenvalue weighted by atomic mass is 15.4. The Kier molecular flexibility index (Phi) is 4.72. The first-order valence-electron chi connectivity index (χ1n) is 7.00. The SMILES string of the molecule is CC(C)N(C)CCCCn1nnc2c1CCNC2. The van der Waals surface area contributed by atoms with E-state index in [1.807, 2.05) is 0 Å². The van der Waals surface area contributed by atoms with Crippen LogP contribution in [-0.4, -0.2) is 46.1 Å². The predicted molar refractivity (Wildman–Crippen MR) is 72.4 cm³/mol. The van der Waals surface area contributed by atoms with E-state index in [-0.39, 0.29) is 0 Å². The van der Waals surface area contributed by atoms with Gasteiger partial charge in [0, 0.05) is 32.1 Å². The van der Waals surface area contributed by atoms with Gasteiger partial charge in [0.25, 0.3) is 0 Å². The maximum Gasteiger partial charge on any atom is 0.0997 e. The van der Waals surface area contributed by atoms with Gasteiger partial charge in [-0.2, -0.15) is 0 Å². The maximum atomic E-state index is 4.26. The van der Waals surface area contributed by atoms with Gasteiger partial charge in [-0.05, 0) is 40.3 Å². The van der Waals surface area contributed by atoms with Crippen molar-refractivity contribution in [2.45, 2.75) is 52.2 Å². The van der Waals surface area contributed by atoms with Crippen LogP contribution < -0.4 is 5.32 Å². The summed E-state index contributed by atoms with van der Waals surface area (Å²) < 4.78 is 2.10. The highest BCUT2D eigenvalue weighted by Gasteiger charge is 2.15. The van der Waals surface area contributed by atoms with Crippen molar-refractivity contribution in [2.24, 2.45) is 0 Å². The topological polar surface area (TPSA) is 46.0 Å². The zero-order valence-electron chi connectivity index (χ0n) is 11.8. The summed E-state index contributed by atoms with van der Waals surface area (Å²) in [6.07, 6.45) is 3.47. The van der Waals surface area contributed by atoms with Gasteiger partial charge >= 0.3 is 0 Å². The third kappa shape index (κ3) is 3.29. The van der Waals surface area contributed by atoms with Crippen molar-refractivity contribution in [3.8, 4) is 0 Å². The van der Waals surface area contributed by atoms with Crippen LogP contribution in [-0.2, 0) is 19.5 Å². The number of nitrogens with one attached hydrogen (secondary N) is 1. The van der Waals surface area contributed by atoms with Crippen molar-refractivity contribution in [1.82, 2.24) is 25.2 Å². The first kappa shape index (κ1) is 13.5. The van der Waals surface area contributed by atoms with Crippen LogP contribution in [0.2, 0.25) is 0 Å². The average Bonchev–Trinajstić information content (AvgIpc) is 2.77. The molecule has 1 aromatic rings. The molecule has 0 aliphatic carbocycles. The molecule has 0 bridgehead atoms. The minimum absolute atomic E-state index is 0.634. The second kappa shape index (κ2) is 6.29. The smallest absolute Gasteiger partial charge is 0.0997 e. The number of nitrogens with zero attached hydrogens (tertiary/aromatic N) is 4. The van der Waals surface area contributed by atoms with Gasteiger partial charge in [-0.15, -0.1) is 5.10 Å². The van der Waals surface area contributed by atoms with Crippen LogP contribution >= 0.6 is 0 Å². The Hall–Kier alpha value is -0.940. The Bertz CT molecular complexity index is 371. The lowest BCUT2D eigenvalue weighted by atomic mass is 10.2. The summed E-state index contributed by atoms with van der Waals surface area (Å²) in [4.78, 5) is 2.39. The van der Waals surface area contributed by atoms with Gasteiger partial charge < -0.3 is 10.2 Å². The fraction of sp³-hybridized carbons (Fsp3) is 0.846. The molecule has 1 aromatic heterocycles. The molecule has 0 spiro atoms. The van der Waals surface area contributed by atoms with E-state index < -0.39 is 0 Å². The molecule has 1 aliphatic rings. The van der Waals surface area contributed by atoms with Crippen molar-refractivity contribution in [1.29, 1.82) is 0 Å². The van der Waals surface area contributed by atoms with E-state index in [1.54, 1.807) is 0 Å². The summed E-state index contributed by atoms with van der Waals surface area (Å²) >= 11 is 0. The molecule has 2 rings (SSSR count). The lowest BCUT2D eigenvalue weighted by molar-refractivity contribution is 0.265. The van der Waals surface area contributed by atoms with E-state index in [0.717, 1.165) is 38.3 Å². The van der Waals surface area contributed by atoms with Gasteiger partial charge in [0.2, 0.25) is 0 Å². The average molecular weight is 251 g/mol. The van der Waals surface area contributed by atoms with Crippen LogP contribution in [0.4, 0.5) is 0 Å². The van der Waals surface area contributed by atoms with Crippen molar-refractivity contribution in [3.63, 3.8) is 0 Å². The Morgan fingerprint density at radius 3 is 3.00 bits per heavy atom. The van der Waals surface area contributed by atoms with Crippen molar-refractivity contribution < 1.29 is 0 Å². The molecule has 5 heteroatoms. The lowest BCUT2D eigenvalue weighted by Crippen LogP contribution is -2.27. The predicted octanol–water partition coefficient (Wildman–Crippen LogP) is 1.04. The van der Waals surface area contributed by atoms with Gasteiger partial charge in [0.05, 0.1) is 11.4 Å². The van der Waals surface area contributed by atoms with Crippen molar-refractivity contribution in [3.05, 3.63) is 11.4 Å². The summed E-state index contributed by atoms with van der Waals surface area (Å²) in [5.41, 5.74) is 2.48. The van der Waals surface area contributed by atoms with Gasteiger partial charge in [0.15, 0.2) is 0 Å². The van der Waals surface area contributed by atoms with E-state index in [0.29, 0.717) is 6.04 Å². The second-order valence-corrected chi connectivity index (χ2v) is 5.41. The molecule has 5 nitrogen and oxygen atoms in total. The summed E-state index contributed by atoms with van der Waals surface area (Å²) in [6, 6.07) is 0.634. The van der Waals surface area contributed by atoms with E-state index in [9.17, 15) is 0 Å². The van der Waals surface area contributed by atoms with Crippen LogP contribution in [0.25, 0.3) is 0 Å². The van der Waals surface area contributed by atoms with E-state index in [2.05, 4.69) is 46.1 Å². The second-order valence-electron chi connectivity index (χ2n) is 5.41. The van der Waals surface area contributed by atoms with Crippen LogP contribution in [0.3, 0.4) is 0 Å². The zero-order chi connectivity index (χ0) is 13.0. The van der Waals surface area contributed by atoms with Gasteiger partial charge in [-0.3, -0.25) is 0 Å². The summed E-state index contributed by atoms with van der Waals surface area (Å²) in [7, 11) is 2.19. The van der Waals surface area contributed by atoms with Crippen LogP contribution in [0.5, 0.6) is 0 Å². The minimum atomic E-state index is 0.634. The first-order chi connectivity index (χ1) is 8.68. The van der Waals surface area contributed by atoms with Crippen LogP contribution in [0.15, 0.2) is 0 Å². The fourth-order valence-corrected chi connectivity index (χ4v) is 2.25. The molecule has 1 N–H and O–H groups in total. The number of aryl methyl sites for hydroxylation is 1. The molecule has 0 atom stereocenters. The van der Waals surface area contributed by atoms with E-state index in [1.165, 1.54) is 18.5 Å². The molecule has 0 fully saturated rings. The number of rotatable bonds is 6. The Balaban J connectivity index is 1.75. The van der Waals surface area contributed by atoms with Crippen LogP contribution in [0.1, 0.15) is 38.1 Å². The molecular formula is C13H25N5. The molecule has 102 valence electrons. The standard InChI is InChI=1S/C13H25N5/c1-11(2)17(3)8-4-5-9-18-13-6-7-14-10-12(13)15-16-18/h11,14H,4-10H2,1-3H3. The highest BCUT2D eigenvalue weighted by molar-refractivity contribution is 5.13. The minimum Gasteiger partial charge on any atom is -0.311 e. The van der Waals surface area contributed by atoms with Gasteiger partial charge in [-0.25, -0.2) is 4.68 Å². The third-order valence-corrected chi connectivity index (χ3v) is 3.76. The molecule has 18 heavy (non-hydrogen) atoms. The van der Waals surface area contributed by atoms with Crippen LogP contribution in [0, 0.1) is 0 Å². The Morgan fingerprint density at radius 2 is 2.22 bits per heavy atom. The molecule has 0 saturated carbocycles. The summed E-state index contributed by atoms with van der Waals surface area (Å²) in [5, 5.41) is 11.8. The summed E-state index contributed by atoms with van der Waals surface area (Å²) in [5.74, 6) is 0. The normalized spacial score (nSPS) is 15.4. The third-order valence-electron chi connectivity index (χ3n) is 3.76. The highest BCUT2D eigenvalue weighted by Crippen LogP contribution is 2.11. The summed E-state index contributed by atoms with van der Waals surface area (Å²) in [6.45, 7) is 8.58. The van der Waals surface area contributed by atoms with E-state index in [4.69, 9.17) is 0 Å². The monoisotopic (exact) mass is 251 g/mol. The number of hydrogen-bond acceptors (Lipinski definition) is 4. The maximum absolute atomic E-state index is 4.26. The number of hydrogen-bond donors (Lipinski definition) is 1. The molecule has 1 aliphatic heterocycles. The van der Waals surface area contributed by atoms with Crippen molar-refractivity contribution >= 4 is 0 Å². The largest absolute Gasteiger partial charge is 0.311 e. The molecule has 0 saturated heterocycles. The number of aromatic nitrogens is 3. The molecule has 0 amide bonds. The van der Waals surface area contributed by atoms with Gasteiger partial charge in [0.1, 0.15) is 0 Å². The van der Waals surface area contributed by atoms with E-state index >= 15 is 0 Å². The molecule has 2 heterocycles. The zero-order valence-corrected chi connectivity index (χ0v) is 11.8. The molecule has 0 radical (unpaired) electrons. The molecular weight excluding hydrogens is 226 g/mol. The first-order valence-corrected chi connectivity index (χ1v) is 7.00. The molecule has 0 aromatic carbocycles. The molecule has 0 unspecified atom stereocenters. The van der Waals surface area contributed by atoms with Gasteiger partial charge in [-0.1, -0.05) is 5.21 Å². The lowest BCUT2D eigenvalue weighted by Gasteiger charge is -2.20. The number of fused-ring (bicyclic) bond motifs is 1.